The summed E-state index contributed by atoms with van der Waals surface area (Å²) in [5.41, 5.74) is -1.61. The van der Waals surface area contributed by atoms with Gasteiger partial charge in [-0.2, -0.15) is 0 Å². The van der Waals surface area contributed by atoms with Gasteiger partial charge in [0, 0.05) is 12.7 Å². The van der Waals surface area contributed by atoms with E-state index in [4.69, 9.17) is 5.11 Å². The number of rotatable bonds is 5. The van der Waals surface area contributed by atoms with Gasteiger partial charge in [-0.05, 0) is 32.0 Å². The van der Waals surface area contributed by atoms with E-state index in [9.17, 15) is 22.4 Å². The number of carboxylic acids is 1. The molecule has 1 aromatic carbocycles. The fourth-order valence-corrected chi connectivity index (χ4v) is 2.15. The minimum Gasteiger partial charge on any atom is -0.481 e. The maximum absolute atomic E-state index is 13.6. The molecule has 0 atom stereocenters. The normalized spacial score (nSPS) is 12.0. The van der Waals surface area contributed by atoms with Gasteiger partial charge in [-0.15, -0.1) is 0 Å². The van der Waals surface area contributed by atoms with Crippen LogP contribution in [0.1, 0.15) is 20.3 Å². The molecule has 0 spiro atoms. The van der Waals surface area contributed by atoms with Gasteiger partial charge in [0.25, 0.3) is 0 Å². The summed E-state index contributed by atoms with van der Waals surface area (Å²) in [6.07, 6.45) is 0.588. The molecule has 0 aromatic heterocycles. The van der Waals surface area contributed by atoms with Crippen molar-refractivity contribution in [2.24, 2.45) is 5.41 Å². The molecule has 1 aromatic rings. The number of halogens is 1. The summed E-state index contributed by atoms with van der Waals surface area (Å²) in [6.45, 7) is 2.72. The van der Waals surface area contributed by atoms with E-state index in [2.05, 4.69) is 5.32 Å². The monoisotopic (exact) mass is 317 g/mol. The Kier molecular flexibility index (Phi) is 4.72. The van der Waals surface area contributed by atoms with Gasteiger partial charge in [0.2, 0.25) is 5.91 Å². The van der Waals surface area contributed by atoms with E-state index >= 15 is 0 Å². The van der Waals surface area contributed by atoms with Gasteiger partial charge in [0.05, 0.1) is 16.0 Å². The lowest BCUT2D eigenvalue weighted by Gasteiger charge is -2.18. The van der Waals surface area contributed by atoms with Crippen LogP contribution in [0.25, 0.3) is 0 Å². The molecule has 0 heterocycles. The number of hydrogen-bond acceptors (Lipinski definition) is 4. The SMILES string of the molecule is CC(C)(CC(=O)Nc1cc(S(C)(=O)=O)ccc1F)C(=O)O. The van der Waals surface area contributed by atoms with Crippen molar-refractivity contribution >= 4 is 27.4 Å². The average molecular weight is 317 g/mol. The summed E-state index contributed by atoms with van der Waals surface area (Å²) in [6, 6.07) is 3.01. The van der Waals surface area contributed by atoms with E-state index in [1.54, 1.807) is 0 Å². The minimum absolute atomic E-state index is 0.142. The van der Waals surface area contributed by atoms with Gasteiger partial charge in [0.1, 0.15) is 5.82 Å². The summed E-state index contributed by atoms with van der Waals surface area (Å²) in [7, 11) is -3.54. The highest BCUT2D eigenvalue weighted by atomic mass is 32.2. The van der Waals surface area contributed by atoms with Gasteiger partial charge in [0.15, 0.2) is 9.84 Å². The predicted molar refractivity (Wildman–Crippen MR) is 74.2 cm³/mol. The maximum Gasteiger partial charge on any atom is 0.309 e. The maximum atomic E-state index is 13.6. The van der Waals surface area contributed by atoms with Crippen LogP contribution in [-0.4, -0.2) is 31.7 Å². The lowest BCUT2D eigenvalue weighted by atomic mass is 9.89. The van der Waals surface area contributed by atoms with Crippen molar-refractivity contribution in [2.75, 3.05) is 11.6 Å². The number of hydrogen-bond donors (Lipinski definition) is 2. The van der Waals surface area contributed by atoms with E-state index in [1.807, 2.05) is 0 Å². The molecule has 1 rings (SSSR count). The topological polar surface area (TPSA) is 101 Å². The molecular formula is C13H16FNO5S. The first-order chi connectivity index (χ1) is 9.43. The van der Waals surface area contributed by atoms with Gasteiger partial charge in [-0.25, -0.2) is 12.8 Å². The van der Waals surface area contributed by atoms with Gasteiger partial charge in [-0.3, -0.25) is 9.59 Å². The molecule has 2 N–H and O–H groups in total. The van der Waals surface area contributed by atoms with E-state index in [1.165, 1.54) is 13.8 Å². The van der Waals surface area contributed by atoms with Crippen LogP contribution < -0.4 is 5.32 Å². The summed E-state index contributed by atoms with van der Waals surface area (Å²) >= 11 is 0. The van der Waals surface area contributed by atoms with Crippen LogP contribution >= 0.6 is 0 Å². The molecule has 6 nitrogen and oxygen atoms in total. The molecule has 1 amide bonds. The highest BCUT2D eigenvalue weighted by molar-refractivity contribution is 7.90. The largest absolute Gasteiger partial charge is 0.481 e. The molecule has 0 saturated carbocycles. The Balaban J connectivity index is 2.98. The number of aliphatic carboxylic acids is 1. The zero-order valence-electron chi connectivity index (χ0n) is 11.8. The molecule has 0 aliphatic heterocycles. The van der Waals surface area contributed by atoms with Crippen LogP contribution in [-0.2, 0) is 19.4 Å². The highest BCUT2D eigenvalue weighted by Gasteiger charge is 2.30. The Bertz CT molecular complexity index is 682. The molecule has 21 heavy (non-hydrogen) atoms. The standard InChI is InChI=1S/C13H16FNO5S/c1-13(2,12(17)18)7-11(16)15-10-6-8(21(3,19)20)4-5-9(10)14/h4-6H,7H2,1-3H3,(H,15,16)(H,17,18). The van der Waals surface area contributed by atoms with Crippen molar-refractivity contribution in [3.8, 4) is 0 Å². The smallest absolute Gasteiger partial charge is 0.309 e. The van der Waals surface area contributed by atoms with E-state index in [-0.39, 0.29) is 17.0 Å². The Labute approximate surface area is 121 Å². The number of benzene rings is 1. The molecule has 116 valence electrons. The van der Waals surface area contributed by atoms with Crippen LogP contribution in [0.15, 0.2) is 23.1 Å². The first-order valence-corrected chi connectivity index (χ1v) is 7.85. The summed E-state index contributed by atoms with van der Waals surface area (Å²) in [5, 5.41) is 11.1. The Hall–Kier alpha value is -1.96. The van der Waals surface area contributed by atoms with E-state index < -0.39 is 32.9 Å². The van der Waals surface area contributed by atoms with Crippen LogP contribution in [0, 0.1) is 11.2 Å². The molecule has 0 saturated heterocycles. The number of amides is 1. The third-order valence-electron chi connectivity index (χ3n) is 2.82. The molecule has 0 radical (unpaired) electrons. The van der Waals surface area contributed by atoms with Crippen LogP contribution in [0.4, 0.5) is 10.1 Å². The third kappa shape index (κ3) is 4.52. The fraction of sp³-hybridized carbons (Fsp3) is 0.385. The number of carbonyl (C=O) groups is 2. The molecule has 0 fully saturated rings. The first kappa shape index (κ1) is 17.1. The summed E-state index contributed by atoms with van der Waals surface area (Å²) in [5.74, 6) is -2.68. The van der Waals surface area contributed by atoms with Crippen molar-refractivity contribution in [3.05, 3.63) is 24.0 Å². The molecular weight excluding hydrogens is 301 g/mol. The molecule has 0 aliphatic rings. The van der Waals surface area contributed by atoms with Crippen molar-refractivity contribution in [1.82, 2.24) is 0 Å². The summed E-state index contributed by atoms with van der Waals surface area (Å²) in [4.78, 5) is 22.5. The average Bonchev–Trinajstić information content (AvgIpc) is 2.29. The summed E-state index contributed by atoms with van der Waals surface area (Å²) < 4.78 is 36.4. The van der Waals surface area contributed by atoms with Crippen LogP contribution in [0.3, 0.4) is 0 Å². The molecule has 0 unspecified atom stereocenters. The lowest BCUT2D eigenvalue weighted by molar-refractivity contribution is -0.148. The van der Waals surface area contributed by atoms with Crippen LogP contribution in [0.5, 0.6) is 0 Å². The van der Waals surface area contributed by atoms with Crippen molar-refractivity contribution in [3.63, 3.8) is 0 Å². The molecule has 8 heteroatoms. The van der Waals surface area contributed by atoms with Gasteiger partial charge >= 0.3 is 5.97 Å². The number of carboxylic acid groups (broad SMARTS) is 1. The third-order valence-corrected chi connectivity index (χ3v) is 3.93. The quantitative estimate of drug-likeness (QED) is 0.805. The number of nitrogens with one attached hydrogen (secondary N) is 1. The minimum atomic E-state index is -3.54. The zero-order valence-corrected chi connectivity index (χ0v) is 12.6. The zero-order chi connectivity index (χ0) is 16.4. The lowest BCUT2D eigenvalue weighted by Crippen LogP contribution is -2.29. The second-order valence-electron chi connectivity index (χ2n) is 5.33. The van der Waals surface area contributed by atoms with Crippen LogP contribution in [0.2, 0.25) is 0 Å². The molecule has 0 aliphatic carbocycles. The second-order valence-corrected chi connectivity index (χ2v) is 7.34. The van der Waals surface area contributed by atoms with Crippen molar-refractivity contribution in [1.29, 1.82) is 0 Å². The number of carbonyl (C=O) groups excluding carboxylic acids is 1. The Morgan fingerprint density at radius 3 is 2.38 bits per heavy atom. The molecule has 0 bridgehead atoms. The van der Waals surface area contributed by atoms with Gasteiger partial charge < -0.3 is 10.4 Å². The second kappa shape index (κ2) is 5.80. The highest BCUT2D eigenvalue weighted by Crippen LogP contribution is 2.23. The van der Waals surface area contributed by atoms with Crippen molar-refractivity contribution in [2.45, 2.75) is 25.2 Å². The fourth-order valence-electron chi connectivity index (χ4n) is 1.50. The first-order valence-electron chi connectivity index (χ1n) is 5.96. The van der Waals surface area contributed by atoms with Gasteiger partial charge in [-0.1, -0.05) is 0 Å². The number of anilines is 1. The van der Waals surface area contributed by atoms with Crippen molar-refractivity contribution < 1.29 is 27.5 Å². The number of sulfone groups is 1. The Morgan fingerprint density at radius 2 is 1.90 bits per heavy atom. The van der Waals surface area contributed by atoms with E-state index in [0.717, 1.165) is 24.5 Å². The van der Waals surface area contributed by atoms with E-state index in [0.29, 0.717) is 0 Å². The Morgan fingerprint density at radius 1 is 1.33 bits per heavy atom. The predicted octanol–water partition coefficient (Wildman–Crippen LogP) is 1.67.